The Morgan fingerprint density at radius 3 is 2.54 bits per heavy atom. The molecule has 2 aromatic rings. The summed E-state index contributed by atoms with van der Waals surface area (Å²) in [5.41, 5.74) is 0.783. The maximum Gasteiger partial charge on any atom is 0.306 e. The number of carbonyl (C=O) groups excluding carboxylic acids is 3. The van der Waals surface area contributed by atoms with E-state index in [0.29, 0.717) is 9.90 Å². The van der Waals surface area contributed by atoms with Gasteiger partial charge in [-0.2, -0.15) is 0 Å². The van der Waals surface area contributed by atoms with Crippen LogP contribution in [0, 0.1) is 6.92 Å². The molecule has 0 fully saturated rings. The van der Waals surface area contributed by atoms with Crippen LogP contribution >= 0.6 is 22.9 Å². The molecule has 5 nitrogen and oxygen atoms in total. The van der Waals surface area contributed by atoms with Gasteiger partial charge < -0.3 is 10.1 Å². The van der Waals surface area contributed by atoms with Crippen molar-refractivity contribution in [3.63, 3.8) is 0 Å². The molecule has 2 rings (SSSR count). The first-order chi connectivity index (χ1) is 12.4. The minimum atomic E-state index is -0.577. The first-order valence-electron chi connectivity index (χ1n) is 8.16. The Bertz CT molecular complexity index is 802. The maximum absolute atomic E-state index is 11.9. The Kier molecular flexibility index (Phi) is 7.36. The maximum atomic E-state index is 11.9. The molecule has 0 unspecified atom stereocenters. The fraction of sp³-hybridized carbons (Fsp3) is 0.316. The van der Waals surface area contributed by atoms with Gasteiger partial charge >= 0.3 is 5.97 Å². The fourth-order valence-corrected chi connectivity index (χ4v) is 3.46. The normalized spacial score (nSPS) is 11.7. The summed E-state index contributed by atoms with van der Waals surface area (Å²) in [4.78, 5) is 37.2. The lowest BCUT2D eigenvalue weighted by molar-refractivity contribution is -0.148. The Labute approximate surface area is 161 Å². The van der Waals surface area contributed by atoms with Crippen molar-refractivity contribution in [3.05, 3.63) is 56.7 Å². The second-order valence-corrected chi connectivity index (χ2v) is 7.50. The van der Waals surface area contributed by atoms with Gasteiger partial charge in [-0.05, 0) is 37.6 Å². The van der Waals surface area contributed by atoms with Gasteiger partial charge in [0.05, 0.1) is 17.3 Å². The Balaban J connectivity index is 1.72. The summed E-state index contributed by atoms with van der Waals surface area (Å²) in [5, 5.41) is 3.28. The van der Waals surface area contributed by atoms with Crippen molar-refractivity contribution in [3.8, 4) is 0 Å². The van der Waals surface area contributed by atoms with Crippen molar-refractivity contribution in [2.24, 2.45) is 0 Å². The number of benzene rings is 1. The van der Waals surface area contributed by atoms with E-state index in [2.05, 4.69) is 5.32 Å². The van der Waals surface area contributed by atoms with Gasteiger partial charge in [-0.15, -0.1) is 11.3 Å². The van der Waals surface area contributed by atoms with Gasteiger partial charge in [-0.25, -0.2) is 0 Å². The average molecular weight is 394 g/mol. The predicted octanol–water partition coefficient (Wildman–Crippen LogP) is 4.09. The zero-order chi connectivity index (χ0) is 19.1. The van der Waals surface area contributed by atoms with E-state index in [4.69, 9.17) is 16.3 Å². The van der Waals surface area contributed by atoms with Crippen LogP contribution in [-0.2, 0) is 14.3 Å². The fourth-order valence-electron chi connectivity index (χ4n) is 2.33. The summed E-state index contributed by atoms with van der Waals surface area (Å²) in [5.74, 6) is -1.10. The summed E-state index contributed by atoms with van der Waals surface area (Å²) in [6, 6.07) is 10.5. The highest BCUT2D eigenvalue weighted by Crippen LogP contribution is 2.22. The van der Waals surface area contributed by atoms with E-state index in [1.807, 2.05) is 25.1 Å². The van der Waals surface area contributed by atoms with Gasteiger partial charge in [0.15, 0.2) is 12.4 Å². The molecule has 7 heteroatoms. The number of amides is 1. The van der Waals surface area contributed by atoms with E-state index in [9.17, 15) is 14.4 Å². The van der Waals surface area contributed by atoms with E-state index in [0.717, 1.165) is 10.4 Å². The molecule has 0 aliphatic carbocycles. The second-order valence-electron chi connectivity index (χ2n) is 5.80. The van der Waals surface area contributed by atoms with Crippen LogP contribution in [0.25, 0.3) is 0 Å². The molecule has 1 aromatic carbocycles. The molecule has 0 radical (unpaired) electrons. The molecule has 1 aromatic heterocycles. The lowest BCUT2D eigenvalue weighted by Crippen LogP contribution is -2.31. The van der Waals surface area contributed by atoms with Crippen LogP contribution in [0.3, 0.4) is 0 Å². The van der Waals surface area contributed by atoms with Crippen molar-refractivity contribution >= 4 is 40.6 Å². The lowest BCUT2D eigenvalue weighted by Gasteiger charge is -2.15. The van der Waals surface area contributed by atoms with Gasteiger partial charge in [0.2, 0.25) is 0 Å². The summed E-state index contributed by atoms with van der Waals surface area (Å²) >= 11 is 7.48. The third-order valence-corrected chi connectivity index (χ3v) is 5.07. The number of hydrogen-bond acceptors (Lipinski definition) is 5. The number of aryl methyl sites for hydroxylation is 1. The van der Waals surface area contributed by atoms with E-state index in [-0.39, 0.29) is 31.3 Å². The van der Waals surface area contributed by atoms with Crippen LogP contribution in [0.2, 0.25) is 5.02 Å². The summed E-state index contributed by atoms with van der Waals surface area (Å²) in [6.45, 7) is 3.32. The second kappa shape index (κ2) is 9.50. The monoisotopic (exact) mass is 393 g/mol. The molecular formula is C19H20ClNO4S. The Hall–Kier alpha value is -2.18. The molecule has 1 atom stereocenters. The molecule has 0 saturated heterocycles. The number of halogens is 1. The van der Waals surface area contributed by atoms with Crippen LogP contribution < -0.4 is 5.32 Å². The number of carbonyl (C=O) groups is 3. The summed E-state index contributed by atoms with van der Waals surface area (Å²) in [6.07, 6.45) is 0.0135. The van der Waals surface area contributed by atoms with E-state index >= 15 is 0 Å². The number of ether oxygens (including phenoxy) is 1. The highest BCUT2D eigenvalue weighted by atomic mass is 35.5. The molecule has 1 heterocycles. The minimum absolute atomic E-state index is 0.0525. The number of esters is 1. The average Bonchev–Trinajstić information content (AvgIpc) is 3.04. The van der Waals surface area contributed by atoms with Crippen LogP contribution in [0.5, 0.6) is 0 Å². The highest BCUT2D eigenvalue weighted by Gasteiger charge is 2.15. The summed E-state index contributed by atoms with van der Waals surface area (Å²) in [7, 11) is 0. The first-order valence-corrected chi connectivity index (χ1v) is 9.35. The van der Waals surface area contributed by atoms with Crippen molar-refractivity contribution in [2.45, 2.75) is 32.7 Å². The minimum Gasteiger partial charge on any atom is -0.456 e. The van der Waals surface area contributed by atoms with E-state index in [1.54, 1.807) is 25.1 Å². The Morgan fingerprint density at radius 2 is 1.88 bits per heavy atom. The van der Waals surface area contributed by atoms with Crippen LogP contribution in [0.1, 0.15) is 45.9 Å². The molecular weight excluding hydrogens is 374 g/mol. The molecule has 0 aliphatic rings. The van der Waals surface area contributed by atoms with Crippen LogP contribution in [0.15, 0.2) is 36.4 Å². The van der Waals surface area contributed by atoms with Crippen molar-refractivity contribution in [1.82, 2.24) is 5.32 Å². The third kappa shape index (κ3) is 5.97. The molecule has 1 amide bonds. The number of nitrogens with one attached hydrogen (secondary N) is 1. The molecule has 0 saturated carbocycles. The zero-order valence-corrected chi connectivity index (χ0v) is 16.2. The zero-order valence-electron chi connectivity index (χ0n) is 14.6. The lowest BCUT2D eigenvalue weighted by atomic mass is 10.1. The standard InChI is InChI=1S/C19H20ClNO4S/c1-12-7-9-17(26-12)16(22)8-10-19(24)25-11-18(23)21-13(2)14-5-3-4-6-15(14)20/h3-7,9,13H,8,10-11H2,1-2H3,(H,21,23)/t13-/m0/s1. The number of rotatable bonds is 8. The summed E-state index contributed by atoms with van der Waals surface area (Å²) < 4.78 is 4.93. The van der Waals surface area contributed by atoms with Gasteiger partial charge in [0.25, 0.3) is 5.91 Å². The molecule has 1 N–H and O–H groups in total. The smallest absolute Gasteiger partial charge is 0.306 e. The first kappa shape index (κ1) is 20.1. The van der Waals surface area contributed by atoms with Crippen molar-refractivity contribution in [2.75, 3.05) is 6.61 Å². The predicted molar refractivity (Wildman–Crippen MR) is 102 cm³/mol. The molecule has 0 aliphatic heterocycles. The van der Waals surface area contributed by atoms with Gasteiger partial charge in [-0.3, -0.25) is 14.4 Å². The van der Waals surface area contributed by atoms with Gasteiger partial charge in [-0.1, -0.05) is 29.8 Å². The molecule has 0 bridgehead atoms. The van der Waals surface area contributed by atoms with Crippen LogP contribution in [-0.4, -0.2) is 24.3 Å². The molecule has 138 valence electrons. The number of Topliss-reactive ketones (excluding diaryl/α,β-unsaturated/α-hetero) is 1. The van der Waals surface area contributed by atoms with Crippen molar-refractivity contribution in [1.29, 1.82) is 0 Å². The van der Waals surface area contributed by atoms with Gasteiger partial charge in [0, 0.05) is 16.3 Å². The quantitative estimate of drug-likeness (QED) is 0.541. The topological polar surface area (TPSA) is 72.5 Å². The Morgan fingerprint density at radius 1 is 1.15 bits per heavy atom. The van der Waals surface area contributed by atoms with Crippen molar-refractivity contribution < 1.29 is 19.1 Å². The number of hydrogen-bond donors (Lipinski definition) is 1. The molecule has 0 spiro atoms. The van der Waals surface area contributed by atoms with Crippen LogP contribution in [0.4, 0.5) is 0 Å². The molecule has 26 heavy (non-hydrogen) atoms. The van der Waals surface area contributed by atoms with E-state index < -0.39 is 11.9 Å². The number of thiophene rings is 1. The third-order valence-electron chi connectivity index (χ3n) is 3.68. The largest absolute Gasteiger partial charge is 0.456 e. The number of ketones is 1. The highest BCUT2D eigenvalue weighted by molar-refractivity contribution is 7.14. The SMILES string of the molecule is Cc1ccc(C(=O)CCC(=O)OCC(=O)N[C@@H](C)c2ccccc2Cl)s1. The van der Waals surface area contributed by atoms with Gasteiger partial charge in [0.1, 0.15) is 0 Å². The van der Waals surface area contributed by atoms with E-state index in [1.165, 1.54) is 11.3 Å².